The molecule has 0 aliphatic rings. The Hall–Kier alpha value is -1.87. The maximum atomic E-state index is 4.38. The Balaban J connectivity index is 2.05. The first-order chi connectivity index (χ1) is 8.83. The third-order valence-electron chi connectivity index (χ3n) is 2.71. The minimum Gasteiger partial charge on any atom is -0.236 e. The molecule has 1 aromatic heterocycles. The third-order valence-corrected chi connectivity index (χ3v) is 3.72. The van der Waals surface area contributed by atoms with Crippen molar-refractivity contribution < 1.29 is 0 Å². The fourth-order valence-corrected chi connectivity index (χ4v) is 2.85. The number of hydrogen-bond acceptors (Lipinski definition) is 3. The number of rotatable bonds is 2. The molecule has 3 heteroatoms. The Bertz CT molecular complexity index is 689. The quantitative estimate of drug-likeness (QED) is 0.642. The average Bonchev–Trinajstić information content (AvgIpc) is 2.39. The highest BCUT2D eigenvalue weighted by molar-refractivity contribution is 7.99. The highest BCUT2D eigenvalue weighted by Crippen LogP contribution is 2.30. The van der Waals surface area contributed by atoms with E-state index >= 15 is 0 Å². The monoisotopic (exact) mass is 252 g/mol. The smallest absolute Gasteiger partial charge is 0.117 e. The summed E-state index contributed by atoms with van der Waals surface area (Å²) in [6, 6.07) is 16.5. The highest BCUT2D eigenvalue weighted by atomic mass is 32.2. The van der Waals surface area contributed by atoms with Crippen molar-refractivity contribution in [2.75, 3.05) is 0 Å². The zero-order valence-corrected chi connectivity index (χ0v) is 10.8. The molecule has 2 nitrogen and oxygen atoms in total. The summed E-state index contributed by atoms with van der Waals surface area (Å²) in [5.41, 5.74) is 2.25. The van der Waals surface area contributed by atoms with Crippen molar-refractivity contribution in [2.24, 2.45) is 0 Å². The zero-order chi connectivity index (χ0) is 12.4. The molecule has 0 aliphatic carbocycles. The Morgan fingerprint density at radius 1 is 0.944 bits per heavy atom. The minimum atomic E-state index is 0.989. The number of aryl methyl sites for hydroxylation is 1. The van der Waals surface area contributed by atoms with Gasteiger partial charge in [-0.15, -0.1) is 0 Å². The normalized spacial score (nSPS) is 10.7. The fourth-order valence-electron chi connectivity index (χ4n) is 1.85. The molecule has 0 unspecified atom stereocenters. The molecule has 0 saturated carbocycles. The average molecular weight is 252 g/mol. The van der Waals surface area contributed by atoms with Crippen LogP contribution in [-0.2, 0) is 0 Å². The number of benzene rings is 2. The third kappa shape index (κ3) is 2.22. The molecule has 0 aliphatic heterocycles. The lowest BCUT2D eigenvalue weighted by atomic mass is 10.2. The van der Waals surface area contributed by atoms with Crippen molar-refractivity contribution >= 4 is 22.7 Å². The summed E-state index contributed by atoms with van der Waals surface area (Å²) in [4.78, 5) is 9.87. The van der Waals surface area contributed by atoms with E-state index in [0.29, 0.717) is 0 Å². The molecule has 0 spiro atoms. The second-order valence-electron chi connectivity index (χ2n) is 4.11. The lowest BCUT2D eigenvalue weighted by molar-refractivity contribution is 1.10. The van der Waals surface area contributed by atoms with Crippen molar-refractivity contribution in [2.45, 2.75) is 16.8 Å². The first kappa shape index (κ1) is 11.2. The van der Waals surface area contributed by atoms with Gasteiger partial charge in [-0.1, -0.05) is 47.7 Å². The van der Waals surface area contributed by atoms with Crippen LogP contribution in [0.25, 0.3) is 10.9 Å². The molecule has 0 N–H and O–H groups in total. The summed E-state index contributed by atoms with van der Waals surface area (Å²) < 4.78 is 0. The maximum absolute atomic E-state index is 4.38. The molecule has 3 aromatic rings. The van der Waals surface area contributed by atoms with E-state index in [2.05, 4.69) is 47.2 Å². The first-order valence-electron chi connectivity index (χ1n) is 5.77. The van der Waals surface area contributed by atoms with Gasteiger partial charge >= 0.3 is 0 Å². The van der Waals surface area contributed by atoms with Gasteiger partial charge in [-0.25, -0.2) is 9.97 Å². The van der Waals surface area contributed by atoms with E-state index < -0.39 is 0 Å². The SMILES string of the molecule is Cc1cccc(Sc2ncnc3ccccc23)c1. The van der Waals surface area contributed by atoms with Crippen LogP contribution in [0.2, 0.25) is 0 Å². The predicted molar refractivity (Wildman–Crippen MR) is 74.8 cm³/mol. The molecule has 3 rings (SSSR count). The number of para-hydroxylation sites is 1. The van der Waals surface area contributed by atoms with Gasteiger partial charge in [0.2, 0.25) is 0 Å². The molecule has 0 saturated heterocycles. The minimum absolute atomic E-state index is 0.989. The van der Waals surface area contributed by atoms with Gasteiger partial charge in [-0.2, -0.15) is 0 Å². The number of nitrogens with zero attached hydrogens (tertiary/aromatic N) is 2. The van der Waals surface area contributed by atoms with E-state index in [1.165, 1.54) is 10.5 Å². The standard InChI is InChI=1S/C15H12N2S/c1-11-5-4-6-12(9-11)18-15-13-7-2-3-8-14(13)16-10-17-15/h2-10H,1H3. The van der Waals surface area contributed by atoms with Crippen LogP contribution in [0.5, 0.6) is 0 Å². The zero-order valence-electron chi connectivity index (χ0n) is 10.00. The molecule has 0 bridgehead atoms. The summed E-state index contributed by atoms with van der Waals surface area (Å²) in [6.07, 6.45) is 1.63. The van der Waals surface area contributed by atoms with Crippen LogP contribution in [-0.4, -0.2) is 9.97 Å². The molecule has 0 radical (unpaired) electrons. The topological polar surface area (TPSA) is 25.8 Å². The van der Waals surface area contributed by atoms with Crippen LogP contribution >= 0.6 is 11.8 Å². The van der Waals surface area contributed by atoms with E-state index in [-0.39, 0.29) is 0 Å². The Morgan fingerprint density at radius 2 is 1.83 bits per heavy atom. The van der Waals surface area contributed by atoms with Crippen LogP contribution in [0.4, 0.5) is 0 Å². The van der Waals surface area contributed by atoms with E-state index in [1.54, 1.807) is 18.1 Å². The van der Waals surface area contributed by atoms with Crippen molar-refractivity contribution in [3.05, 3.63) is 60.4 Å². The van der Waals surface area contributed by atoms with Gasteiger partial charge in [0, 0.05) is 10.3 Å². The lowest BCUT2D eigenvalue weighted by Gasteiger charge is -2.05. The van der Waals surface area contributed by atoms with Crippen molar-refractivity contribution in [3.8, 4) is 0 Å². The predicted octanol–water partition coefficient (Wildman–Crippen LogP) is 4.09. The van der Waals surface area contributed by atoms with E-state index in [9.17, 15) is 0 Å². The fraction of sp³-hybridized carbons (Fsp3) is 0.0667. The summed E-state index contributed by atoms with van der Waals surface area (Å²) in [5.74, 6) is 0. The van der Waals surface area contributed by atoms with Gasteiger partial charge in [0.05, 0.1) is 5.52 Å². The lowest BCUT2D eigenvalue weighted by Crippen LogP contribution is -1.86. The first-order valence-corrected chi connectivity index (χ1v) is 6.59. The van der Waals surface area contributed by atoms with Crippen LogP contribution in [0.1, 0.15) is 5.56 Å². The van der Waals surface area contributed by atoms with Crippen LogP contribution in [0, 0.1) is 6.92 Å². The molecule has 0 atom stereocenters. The summed E-state index contributed by atoms with van der Waals surface area (Å²) in [6.45, 7) is 2.10. The molecule has 88 valence electrons. The molecule has 1 heterocycles. The number of aromatic nitrogens is 2. The Morgan fingerprint density at radius 3 is 2.72 bits per heavy atom. The van der Waals surface area contributed by atoms with Gasteiger partial charge in [-0.3, -0.25) is 0 Å². The van der Waals surface area contributed by atoms with Gasteiger partial charge in [0.15, 0.2) is 0 Å². The molecule has 0 fully saturated rings. The van der Waals surface area contributed by atoms with Gasteiger partial charge in [0.25, 0.3) is 0 Å². The molecule has 2 aromatic carbocycles. The second kappa shape index (κ2) is 4.78. The van der Waals surface area contributed by atoms with Crippen LogP contribution in [0.15, 0.2) is 64.8 Å². The van der Waals surface area contributed by atoms with E-state index in [0.717, 1.165) is 15.9 Å². The Labute approximate surface area is 110 Å². The van der Waals surface area contributed by atoms with Crippen LogP contribution in [0.3, 0.4) is 0 Å². The highest BCUT2D eigenvalue weighted by Gasteiger charge is 2.04. The number of fused-ring (bicyclic) bond motifs is 1. The molecular weight excluding hydrogens is 240 g/mol. The van der Waals surface area contributed by atoms with Crippen molar-refractivity contribution in [1.82, 2.24) is 9.97 Å². The summed E-state index contributed by atoms with van der Waals surface area (Å²) in [5, 5.41) is 2.11. The molecular formula is C15H12N2S. The largest absolute Gasteiger partial charge is 0.236 e. The Kier molecular flexibility index (Phi) is 2.99. The van der Waals surface area contributed by atoms with E-state index in [4.69, 9.17) is 0 Å². The van der Waals surface area contributed by atoms with Crippen molar-refractivity contribution in [3.63, 3.8) is 0 Å². The van der Waals surface area contributed by atoms with Gasteiger partial charge in [0.1, 0.15) is 11.4 Å². The number of hydrogen-bond donors (Lipinski definition) is 0. The van der Waals surface area contributed by atoms with E-state index in [1.807, 2.05) is 18.2 Å². The second-order valence-corrected chi connectivity index (χ2v) is 5.18. The summed E-state index contributed by atoms with van der Waals surface area (Å²) in [7, 11) is 0. The van der Waals surface area contributed by atoms with Gasteiger partial charge in [-0.05, 0) is 25.1 Å². The maximum Gasteiger partial charge on any atom is 0.117 e. The van der Waals surface area contributed by atoms with Gasteiger partial charge < -0.3 is 0 Å². The molecule has 0 amide bonds. The summed E-state index contributed by atoms with van der Waals surface area (Å²) >= 11 is 1.68. The van der Waals surface area contributed by atoms with Crippen LogP contribution < -0.4 is 0 Å². The molecule has 18 heavy (non-hydrogen) atoms. The van der Waals surface area contributed by atoms with Crippen molar-refractivity contribution in [1.29, 1.82) is 0 Å².